The van der Waals surface area contributed by atoms with Crippen molar-refractivity contribution in [2.45, 2.75) is 58.2 Å². The number of aryl methyl sites for hydroxylation is 1. The number of amides is 2. The number of carbonyl (C=O) groups is 2. The maximum Gasteiger partial charge on any atom is 0.261 e. The van der Waals surface area contributed by atoms with Crippen molar-refractivity contribution in [3.8, 4) is 5.75 Å². The summed E-state index contributed by atoms with van der Waals surface area (Å²) in [7, 11) is 0. The zero-order chi connectivity index (χ0) is 23.3. The molecule has 172 valence electrons. The van der Waals surface area contributed by atoms with Crippen LogP contribution in [-0.2, 0) is 16.1 Å². The van der Waals surface area contributed by atoms with Crippen molar-refractivity contribution in [3.63, 3.8) is 0 Å². The zero-order valence-corrected chi connectivity index (χ0v) is 20.4. The van der Waals surface area contributed by atoms with Crippen molar-refractivity contribution in [2.24, 2.45) is 0 Å². The molecule has 3 rings (SSSR count). The summed E-state index contributed by atoms with van der Waals surface area (Å²) in [5.74, 6) is 0.0307. The molecule has 32 heavy (non-hydrogen) atoms. The van der Waals surface area contributed by atoms with E-state index in [4.69, 9.17) is 39.5 Å². The Morgan fingerprint density at radius 3 is 2.47 bits per heavy atom. The van der Waals surface area contributed by atoms with Crippen LogP contribution >= 0.6 is 34.8 Å². The zero-order valence-electron chi connectivity index (χ0n) is 18.2. The lowest BCUT2D eigenvalue weighted by atomic mass is 10.1. The number of benzene rings is 2. The first-order valence-corrected chi connectivity index (χ1v) is 11.8. The molecule has 8 heteroatoms. The molecule has 5 nitrogen and oxygen atoms in total. The average molecular weight is 498 g/mol. The van der Waals surface area contributed by atoms with E-state index in [1.807, 2.05) is 6.92 Å². The van der Waals surface area contributed by atoms with E-state index in [1.165, 1.54) is 4.90 Å². The molecule has 0 radical (unpaired) electrons. The van der Waals surface area contributed by atoms with Crippen LogP contribution in [0.5, 0.6) is 5.75 Å². The summed E-state index contributed by atoms with van der Waals surface area (Å²) in [6, 6.07) is 9.76. The van der Waals surface area contributed by atoms with E-state index in [-0.39, 0.29) is 31.0 Å². The van der Waals surface area contributed by atoms with Gasteiger partial charge in [-0.05, 0) is 68.1 Å². The van der Waals surface area contributed by atoms with Crippen LogP contribution in [0.25, 0.3) is 0 Å². The number of ether oxygens (including phenoxy) is 1. The van der Waals surface area contributed by atoms with Crippen LogP contribution in [0.4, 0.5) is 0 Å². The lowest BCUT2D eigenvalue weighted by molar-refractivity contribution is -0.142. The summed E-state index contributed by atoms with van der Waals surface area (Å²) < 4.78 is 5.70. The molecule has 1 aliphatic carbocycles. The lowest BCUT2D eigenvalue weighted by Gasteiger charge is -2.30. The molecule has 2 amide bonds. The van der Waals surface area contributed by atoms with Gasteiger partial charge in [-0.15, -0.1) is 0 Å². The predicted octanol–water partition coefficient (Wildman–Crippen LogP) is 5.81. The van der Waals surface area contributed by atoms with Gasteiger partial charge in [-0.3, -0.25) is 9.59 Å². The summed E-state index contributed by atoms with van der Waals surface area (Å²) >= 11 is 18.4. The Morgan fingerprint density at radius 2 is 1.81 bits per heavy atom. The lowest BCUT2D eigenvalue weighted by Crippen LogP contribution is -2.50. The van der Waals surface area contributed by atoms with Crippen molar-refractivity contribution < 1.29 is 14.3 Å². The summed E-state index contributed by atoms with van der Waals surface area (Å²) in [5.41, 5.74) is 1.55. The molecule has 1 saturated carbocycles. The van der Waals surface area contributed by atoms with E-state index < -0.39 is 6.04 Å². The van der Waals surface area contributed by atoms with Gasteiger partial charge in [0, 0.05) is 27.7 Å². The maximum absolute atomic E-state index is 13.2. The van der Waals surface area contributed by atoms with Crippen LogP contribution < -0.4 is 10.1 Å². The van der Waals surface area contributed by atoms with Gasteiger partial charge in [0.15, 0.2) is 6.61 Å². The van der Waals surface area contributed by atoms with Crippen molar-refractivity contribution in [1.29, 1.82) is 0 Å². The first-order chi connectivity index (χ1) is 15.2. The number of hydrogen-bond acceptors (Lipinski definition) is 3. The molecule has 1 aliphatic rings. The van der Waals surface area contributed by atoms with Crippen LogP contribution in [0.2, 0.25) is 15.1 Å². The highest BCUT2D eigenvalue weighted by molar-refractivity contribution is 6.35. The van der Waals surface area contributed by atoms with Crippen LogP contribution in [0.15, 0.2) is 36.4 Å². The summed E-state index contributed by atoms with van der Waals surface area (Å²) in [6.07, 6.45) is 4.15. The van der Waals surface area contributed by atoms with Crippen LogP contribution in [-0.4, -0.2) is 35.4 Å². The third kappa shape index (κ3) is 6.53. The fourth-order valence-electron chi connectivity index (χ4n) is 3.74. The fourth-order valence-corrected chi connectivity index (χ4v) is 4.33. The van der Waals surface area contributed by atoms with Gasteiger partial charge < -0.3 is 15.0 Å². The summed E-state index contributed by atoms with van der Waals surface area (Å²) in [5, 5.41) is 4.64. The molecule has 0 aliphatic heterocycles. The Bertz CT molecular complexity index is 977. The fraction of sp³-hybridized carbons (Fsp3) is 0.417. The van der Waals surface area contributed by atoms with Gasteiger partial charge in [0.25, 0.3) is 5.91 Å². The SMILES string of the molecule is Cc1cc(OCC(=O)N(Cc2ccc(Cl)cc2Cl)[C@@H](C)C(=O)NC2CCCC2)ccc1Cl. The molecule has 0 spiro atoms. The number of nitrogens with one attached hydrogen (secondary N) is 1. The third-order valence-corrected chi connectivity index (χ3v) is 6.73. The van der Waals surface area contributed by atoms with Gasteiger partial charge in [0.2, 0.25) is 5.91 Å². The molecule has 0 heterocycles. The standard InChI is InChI=1S/C24H27Cl3N2O3/c1-15-11-20(9-10-21(15)26)32-14-23(30)29(13-17-7-8-18(25)12-22(17)27)16(2)24(31)28-19-5-3-4-6-19/h7-12,16,19H,3-6,13-14H2,1-2H3,(H,28,31)/t16-/m0/s1. The molecule has 1 N–H and O–H groups in total. The van der Waals surface area contributed by atoms with E-state index in [9.17, 15) is 9.59 Å². The third-order valence-electron chi connectivity index (χ3n) is 5.72. The van der Waals surface area contributed by atoms with E-state index in [2.05, 4.69) is 5.32 Å². The maximum atomic E-state index is 13.2. The van der Waals surface area contributed by atoms with E-state index in [0.29, 0.717) is 26.4 Å². The minimum absolute atomic E-state index is 0.161. The number of hydrogen-bond donors (Lipinski definition) is 1. The summed E-state index contributed by atoms with van der Waals surface area (Å²) in [4.78, 5) is 27.6. The Hall–Kier alpha value is -1.95. The molecule has 0 saturated heterocycles. The van der Waals surface area contributed by atoms with Gasteiger partial charge in [0.1, 0.15) is 11.8 Å². The second-order valence-electron chi connectivity index (χ2n) is 8.12. The number of nitrogens with zero attached hydrogens (tertiary/aromatic N) is 1. The van der Waals surface area contributed by atoms with E-state index >= 15 is 0 Å². The average Bonchev–Trinajstić information content (AvgIpc) is 3.26. The molecule has 0 bridgehead atoms. The molecule has 0 aromatic heterocycles. The number of halogens is 3. The quantitative estimate of drug-likeness (QED) is 0.501. The Labute approximate surface area is 204 Å². The highest BCUT2D eigenvalue weighted by Crippen LogP contribution is 2.25. The predicted molar refractivity (Wildman–Crippen MR) is 129 cm³/mol. The van der Waals surface area contributed by atoms with Crippen molar-refractivity contribution >= 4 is 46.6 Å². The van der Waals surface area contributed by atoms with Crippen LogP contribution in [0.1, 0.15) is 43.7 Å². The molecular formula is C24H27Cl3N2O3. The summed E-state index contributed by atoms with van der Waals surface area (Å²) in [6.45, 7) is 3.53. The van der Waals surface area contributed by atoms with Crippen LogP contribution in [0.3, 0.4) is 0 Å². The highest BCUT2D eigenvalue weighted by Gasteiger charge is 2.29. The van der Waals surface area contributed by atoms with Gasteiger partial charge >= 0.3 is 0 Å². The second kappa shape index (κ2) is 11.3. The van der Waals surface area contributed by atoms with Crippen molar-refractivity contribution in [3.05, 3.63) is 62.6 Å². The van der Waals surface area contributed by atoms with Crippen LogP contribution in [0, 0.1) is 6.92 Å². The van der Waals surface area contributed by atoms with E-state index in [1.54, 1.807) is 43.3 Å². The highest BCUT2D eigenvalue weighted by atomic mass is 35.5. The smallest absolute Gasteiger partial charge is 0.261 e. The minimum Gasteiger partial charge on any atom is -0.484 e. The van der Waals surface area contributed by atoms with Gasteiger partial charge in [0.05, 0.1) is 0 Å². The largest absolute Gasteiger partial charge is 0.484 e. The first kappa shape index (κ1) is 24.7. The van der Waals surface area contributed by atoms with Gasteiger partial charge in [-0.2, -0.15) is 0 Å². The Balaban J connectivity index is 1.75. The molecule has 2 aromatic rings. The van der Waals surface area contributed by atoms with Crippen molar-refractivity contribution in [1.82, 2.24) is 10.2 Å². The Morgan fingerprint density at radius 1 is 1.09 bits per heavy atom. The molecular weight excluding hydrogens is 471 g/mol. The molecule has 2 aromatic carbocycles. The topological polar surface area (TPSA) is 58.6 Å². The second-order valence-corrected chi connectivity index (χ2v) is 9.37. The van der Waals surface area contributed by atoms with Gasteiger partial charge in [-0.1, -0.05) is 53.7 Å². The monoisotopic (exact) mass is 496 g/mol. The normalized spacial score (nSPS) is 14.8. The minimum atomic E-state index is -0.689. The first-order valence-electron chi connectivity index (χ1n) is 10.7. The molecule has 1 atom stereocenters. The molecule has 0 unspecified atom stereocenters. The molecule has 1 fully saturated rings. The van der Waals surface area contributed by atoms with Crippen molar-refractivity contribution in [2.75, 3.05) is 6.61 Å². The van der Waals surface area contributed by atoms with Gasteiger partial charge in [-0.25, -0.2) is 0 Å². The number of rotatable bonds is 8. The Kier molecular flexibility index (Phi) is 8.69. The van der Waals surface area contributed by atoms with E-state index in [0.717, 1.165) is 31.2 Å². The number of carbonyl (C=O) groups excluding carboxylic acids is 2.